The number of hydrogen-bond donors (Lipinski definition) is 0. The number of fused-ring (bicyclic) bond motifs is 4. The van der Waals surface area contributed by atoms with Gasteiger partial charge in [0.05, 0.1) is 0 Å². The van der Waals surface area contributed by atoms with Crippen molar-refractivity contribution >= 4 is 44.6 Å². The van der Waals surface area contributed by atoms with E-state index < -0.39 is 28.7 Å². The van der Waals surface area contributed by atoms with Gasteiger partial charge in [-0.1, -0.05) is 77.4 Å². The second-order valence-electron chi connectivity index (χ2n) is 18.4. The summed E-state index contributed by atoms with van der Waals surface area (Å²) in [6.07, 6.45) is 1.84. The van der Waals surface area contributed by atoms with Gasteiger partial charge in [0.15, 0.2) is 0 Å². The summed E-state index contributed by atoms with van der Waals surface area (Å²) < 4.78 is 69.0. The Morgan fingerprint density at radius 1 is 0.545 bits per heavy atom. The maximum atomic E-state index is 15.1. The van der Waals surface area contributed by atoms with E-state index in [1.807, 2.05) is 128 Å². The van der Waals surface area contributed by atoms with Gasteiger partial charge in [-0.05, 0) is 105 Å². The molecule has 2 aromatic heterocycles. The Bertz CT molecular complexity index is 3220. The molecule has 0 unspecified atom stereocenters. The number of para-hydroxylation sites is 3. The molecule has 334 valence electrons. The van der Waals surface area contributed by atoms with Gasteiger partial charge in [-0.25, -0.2) is 22.5 Å². The van der Waals surface area contributed by atoms with E-state index in [0.717, 1.165) is 56.6 Å². The molecule has 3 heterocycles. The molecule has 0 N–H and O–H groups in total. The average Bonchev–Trinajstić information content (AvgIpc) is 3.81. The van der Waals surface area contributed by atoms with Crippen LogP contribution < -0.4 is 14.5 Å². The fourth-order valence-electron chi connectivity index (χ4n) is 8.60. The number of rotatable bonds is 7. The van der Waals surface area contributed by atoms with Crippen LogP contribution in [0.3, 0.4) is 0 Å². The third-order valence-electron chi connectivity index (χ3n) is 11.8. The van der Waals surface area contributed by atoms with Crippen molar-refractivity contribution in [2.75, 3.05) is 9.80 Å². The molecule has 66 heavy (non-hydrogen) atoms. The quantitative estimate of drug-likeness (QED) is 0.118. The van der Waals surface area contributed by atoms with Crippen LogP contribution in [0.2, 0.25) is 0 Å². The number of halogens is 4. The maximum Gasteiger partial charge on any atom is 0.135 e. The minimum Gasteiger partial charge on any atom is -0.509 e. The van der Waals surface area contributed by atoms with Crippen molar-refractivity contribution in [2.24, 2.45) is 0 Å². The zero-order chi connectivity index (χ0) is 45.4. The minimum absolute atomic E-state index is 0. The first-order valence-electron chi connectivity index (χ1n) is 21.4. The van der Waals surface area contributed by atoms with E-state index in [-0.39, 0.29) is 37.6 Å². The number of nitrogens with zero attached hydrogens (tertiary/aromatic N) is 4. The topological polar surface area (TPSA) is 33.5 Å². The van der Waals surface area contributed by atoms with Gasteiger partial charge in [-0.3, -0.25) is 0 Å². The molecule has 0 spiro atoms. The van der Waals surface area contributed by atoms with E-state index in [1.54, 1.807) is 0 Å². The molecule has 7 aromatic carbocycles. The first-order valence-corrected chi connectivity index (χ1v) is 21.4. The van der Waals surface area contributed by atoms with Gasteiger partial charge >= 0.3 is 0 Å². The first kappa shape index (κ1) is 44.5. The van der Waals surface area contributed by atoms with Crippen molar-refractivity contribution in [3.8, 4) is 39.6 Å². The van der Waals surface area contributed by atoms with E-state index >= 15 is 17.6 Å². The summed E-state index contributed by atoms with van der Waals surface area (Å²) in [5.74, 6) is -1.33. The summed E-state index contributed by atoms with van der Waals surface area (Å²) in [6, 6.07) is 47.1. The SMILES string of the molecule is CC(C)(C)c1ccnc(-n2c3[c-]c(Oc4[c-]c(N5[CH-]N(c6c(-c7cc(F)cc(F)c7)cc(C(C)(C)C)cc6-c6cc(F)cc(F)c6)c6ccccc65)ccc4)ccc3c3ccccc32)c1.[Pt]. The van der Waals surface area contributed by atoms with Crippen LogP contribution in [0.15, 0.2) is 146 Å². The van der Waals surface area contributed by atoms with E-state index in [1.165, 1.54) is 24.3 Å². The molecule has 0 amide bonds. The second-order valence-corrected chi connectivity index (χ2v) is 18.4. The van der Waals surface area contributed by atoms with Crippen LogP contribution in [-0.2, 0) is 31.9 Å². The minimum atomic E-state index is -0.756. The molecule has 0 bridgehead atoms. The van der Waals surface area contributed by atoms with Crippen LogP contribution in [0.1, 0.15) is 52.7 Å². The first-order chi connectivity index (χ1) is 31.1. The predicted molar refractivity (Wildman–Crippen MR) is 252 cm³/mol. The normalized spacial score (nSPS) is 12.8. The van der Waals surface area contributed by atoms with Crippen LogP contribution in [-0.4, -0.2) is 9.55 Å². The Morgan fingerprint density at radius 3 is 1.74 bits per heavy atom. The Kier molecular flexibility index (Phi) is 11.4. The fourth-order valence-corrected chi connectivity index (χ4v) is 8.60. The maximum absolute atomic E-state index is 15.1. The fraction of sp³-hybridized carbons (Fsp3) is 0.143. The Balaban J connectivity index is 0.00000548. The van der Waals surface area contributed by atoms with Crippen molar-refractivity contribution in [1.82, 2.24) is 9.55 Å². The molecule has 1 aliphatic heterocycles. The van der Waals surface area contributed by atoms with Crippen molar-refractivity contribution in [2.45, 2.75) is 52.4 Å². The van der Waals surface area contributed by atoms with E-state index in [0.29, 0.717) is 39.7 Å². The molecule has 10 heteroatoms. The molecule has 9 aromatic rings. The zero-order valence-electron chi connectivity index (χ0n) is 37.0. The van der Waals surface area contributed by atoms with Gasteiger partial charge in [-0.15, -0.1) is 48.1 Å². The van der Waals surface area contributed by atoms with Gasteiger partial charge in [0.2, 0.25) is 0 Å². The Labute approximate surface area is 396 Å². The standard InChI is InChI=1S/C56H43F4N4O.Pt/c1-55(2,3)36-20-21-61-53(28-36)64-49-15-8-7-14-45(49)46-19-18-44(32-52(46)64)65-43-13-11-12-42(31-43)62-33-63(51-17-10-9-16-50(51)62)54-47(34-22-38(57)29-39(58)23-34)26-37(56(4,5)6)27-48(54)35-24-40(59)30-41(60)25-35;/h7-30,33H,1-6H3;/q-3;. The summed E-state index contributed by atoms with van der Waals surface area (Å²) in [6.45, 7) is 14.4. The van der Waals surface area contributed by atoms with E-state index in [9.17, 15) is 0 Å². The van der Waals surface area contributed by atoms with Crippen molar-refractivity contribution in [3.63, 3.8) is 0 Å². The van der Waals surface area contributed by atoms with Crippen LogP contribution in [0.25, 0.3) is 49.9 Å². The second kappa shape index (κ2) is 16.9. The molecule has 10 rings (SSSR count). The molecule has 0 saturated heterocycles. The summed E-state index contributed by atoms with van der Waals surface area (Å²) >= 11 is 0. The summed E-state index contributed by atoms with van der Waals surface area (Å²) in [5, 5.41) is 2.08. The number of hydrogen-bond acceptors (Lipinski definition) is 4. The molecular weight excluding hydrogens is 1020 g/mol. The van der Waals surface area contributed by atoms with E-state index in [2.05, 4.69) is 55.7 Å². The Hall–Kier alpha value is -6.70. The third-order valence-corrected chi connectivity index (χ3v) is 11.8. The van der Waals surface area contributed by atoms with Gasteiger partial charge in [0.25, 0.3) is 0 Å². The summed E-state index contributed by atoms with van der Waals surface area (Å²) in [7, 11) is 0. The van der Waals surface area contributed by atoms with Crippen LogP contribution >= 0.6 is 0 Å². The molecule has 5 nitrogen and oxygen atoms in total. The smallest absolute Gasteiger partial charge is 0.135 e. The molecule has 0 saturated carbocycles. The Morgan fingerprint density at radius 2 is 1.12 bits per heavy atom. The van der Waals surface area contributed by atoms with Gasteiger partial charge < -0.3 is 19.1 Å². The van der Waals surface area contributed by atoms with Gasteiger partial charge in [0.1, 0.15) is 29.1 Å². The number of pyridine rings is 1. The molecule has 0 atom stereocenters. The van der Waals surface area contributed by atoms with E-state index in [4.69, 9.17) is 9.72 Å². The van der Waals surface area contributed by atoms with Crippen molar-refractivity contribution in [3.05, 3.63) is 199 Å². The summed E-state index contributed by atoms with van der Waals surface area (Å²) in [5.41, 5.74) is 7.25. The molecule has 0 radical (unpaired) electrons. The third kappa shape index (κ3) is 8.26. The van der Waals surface area contributed by atoms with Crippen molar-refractivity contribution < 1.29 is 43.4 Å². The average molecular weight is 1060 g/mol. The predicted octanol–water partition coefficient (Wildman–Crippen LogP) is 15.5. The molecule has 1 aliphatic rings. The number of anilines is 4. The largest absolute Gasteiger partial charge is 0.509 e. The monoisotopic (exact) mass is 1060 g/mol. The molecule has 0 fully saturated rings. The summed E-state index contributed by atoms with van der Waals surface area (Å²) in [4.78, 5) is 8.63. The molecular formula is C56H43F4N4OPt-3. The number of benzene rings is 7. The molecule has 0 aliphatic carbocycles. The number of ether oxygens (including phenoxy) is 1. The number of aromatic nitrogens is 2. The van der Waals surface area contributed by atoms with Gasteiger partial charge in [0, 0.05) is 84.6 Å². The van der Waals surface area contributed by atoms with Crippen LogP contribution in [0.5, 0.6) is 11.5 Å². The van der Waals surface area contributed by atoms with Crippen molar-refractivity contribution in [1.29, 1.82) is 0 Å². The van der Waals surface area contributed by atoms with Crippen LogP contribution in [0, 0.1) is 42.1 Å². The van der Waals surface area contributed by atoms with Gasteiger partial charge in [-0.2, -0.15) is 12.1 Å². The van der Waals surface area contributed by atoms with Crippen LogP contribution in [0.4, 0.5) is 40.3 Å². The zero-order valence-corrected chi connectivity index (χ0v) is 39.2.